The summed E-state index contributed by atoms with van der Waals surface area (Å²) >= 11 is 1.12. The minimum atomic E-state index is -0.990. The molecule has 1 N–H and O–H groups in total. The van der Waals surface area contributed by atoms with E-state index in [0.29, 0.717) is 18.9 Å². The van der Waals surface area contributed by atoms with Crippen molar-refractivity contribution >= 4 is 17.3 Å². The van der Waals surface area contributed by atoms with Crippen LogP contribution in [0.3, 0.4) is 0 Å². The first-order valence-corrected chi connectivity index (χ1v) is 6.00. The molecule has 1 aliphatic rings. The Hall–Kier alpha value is -0.980. The van der Waals surface area contributed by atoms with Gasteiger partial charge in [0, 0.05) is 12.0 Å². The molecule has 0 aromatic carbocycles. The number of hydrogen-bond donors (Lipinski definition) is 1. The fraction of sp³-hybridized carbons (Fsp3) is 0.600. The highest BCUT2D eigenvalue weighted by atomic mass is 32.1. The van der Waals surface area contributed by atoms with E-state index in [4.69, 9.17) is 14.6 Å². The number of nitrogens with zero attached hydrogens (tertiary/aromatic N) is 1. The van der Waals surface area contributed by atoms with E-state index in [1.54, 1.807) is 5.38 Å². The molecule has 0 bridgehead atoms. The molecule has 1 aliphatic heterocycles. The maximum atomic E-state index is 10.6. The highest BCUT2D eigenvalue weighted by Gasteiger charge is 2.15. The van der Waals surface area contributed by atoms with Crippen molar-refractivity contribution in [2.75, 3.05) is 13.2 Å². The van der Waals surface area contributed by atoms with E-state index >= 15 is 0 Å². The molecule has 0 saturated carbocycles. The van der Waals surface area contributed by atoms with Crippen molar-refractivity contribution in [2.24, 2.45) is 0 Å². The first-order valence-electron chi connectivity index (χ1n) is 5.13. The van der Waals surface area contributed by atoms with Gasteiger partial charge >= 0.3 is 5.97 Å². The fourth-order valence-electron chi connectivity index (χ4n) is 1.54. The Kier molecular flexibility index (Phi) is 3.87. The molecule has 2 rings (SSSR count). The van der Waals surface area contributed by atoms with Crippen molar-refractivity contribution in [3.05, 3.63) is 16.1 Å². The van der Waals surface area contributed by atoms with Crippen LogP contribution in [0.1, 0.15) is 28.3 Å². The van der Waals surface area contributed by atoms with Gasteiger partial charge in [0.15, 0.2) is 0 Å². The summed E-state index contributed by atoms with van der Waals surface area (Å²) in [4.78, 5) is 14.5. The molecule has 16 heavy (non-hydrogen) atoms. The van der Waals surface area contributed by atoms with Crippen LogP contribution in [0.25, 0.3) is 0 Å². The number of rotatable bonds is 5. The molecular formula is C10H13NO4S. The first-order chi connectivity index (χ1) is 7.75. The van der Waals surface area contributed by atoms with Gasteiger partial charge in [-0.05, 0) is 12.8 Å². The molecule has 1 atom stereocenters. The molecule has 1 unspecified atom stereocenters. The highest BCUT2D eigenvalue weighted by Crippen LogP contribution is 2.14. The molecule has 5 nitrogen and oxygen atoms in total. The predicted octanol–water partition coefficient (Wildman–Crippen LogP) is 1.54. The molecule has 2 heterocycles. The van der Waals surface area contributed by atoms with Gasteiger partial charge in [0.05, 0.1) is 25.0 Å². The number of carbonyl (C=O) groups is 1. The monoisotopic (exact) mass is 243 g/mol. The number of carboxylic acid groups (broad SMARTS) is 1. The third kappa shape index (κ3) is 3.01. The van der Waals surface area contributed by atoms with E-state index in [1.165, 1.54) is 0 Å². The Morgan fingerprint density at radius 1 is 1.75 bits per heavy atom. The maximum absolute atomic E-state index is 10.6. The molecule has 1 fully saturated rings. The molecule has 1 aromatic rings. The van der Waals surface area contributed by atoms with Crippen LogP contribution in [-0.4, -0.2) is 35.4 Å². The number of thiazole rings is 1. The number of hydrogen-bond acceptors (Lipinski definition) is 5. The van der Waals surface area contributed by atoms with E-state index in [9.17, 15) is 4.79 Å². The van der Waals surface area contributed by atoms with Gasteiger partial charge in [0.1, 0.15) is 0 Å². The van der Waals surface area contributed by atoms with E-state index in [1.807, 2.05) is 0 Å². The SMILES string of the molecule is O=C(O)c1nc(COCC2CCCO2)cs1. The van der Waals surface area contributed by atoms with Crippen LogP contribution in [0.2, 0.25) is 0 Å². The maximum Gasteiger partial charge on any atom is 0.365 e. The average molecular weight is 243 g/mol. The second-order valence-electron chi connectivity index (χ2n) is 3.60. The lowest BCUT2D eigenvalue weighted by Crippen LogP contribution is -2.13. The third-order valence-electron chi connectivity index (χ3n) is 2.31. The Labute approximate surface area is 97.0 Å². The van der Waals surface area contributed by atoms with Gasteiger partial charge in [0.25, 0.3) is 0 Å². The Morgan fingerprint density at radius 2 is 2.62 bits per heavy atom. The number of aromatic nitrogens is 1. The molecule has 0 amide bonds. The standard InChI is InChI=1S/C10H13NO4S/c12-10(13)9-11-7(6-16-9)4-14-5-8-2-1-3-15-8/h6,8H,1-5H2,(H,12,13). The molecule has 88 valence electrons. The number of carboxylic acids is 1. The predicted molar refractivity (Wildman–Crippen MR) is 57.7 cm³/mol. The summed E-state index contributed by atoms with van der Waals surface area (Å²) in [5, 5.41) is 10.5. The zero-order valence-corrected chi connectivity index (χ0v) is 9.53. The average Bonchev–Trinajstić information content (AvgIpc) is 2.87. The van der Waals surface area contributed by atoms with Crippen molar-refractivity contribution in [3.8, 4) is 0 Å². The summed E-state index contributed by atoms with van der Waals surface area (Å²) in [5.41, 5.74) is 0.667. The van der Waals surface area contributed by atoms with E-state index < -0.39 is 5.97 Å². The fourth-order valence-corrected chi connectivity index (χ4v) is 2.18. The summed E-state index contributed by atoms with van der Waals surface area (Å²) in [6, 6.07) is 0. The van der Waals surface area contributed by atoms with Crippen LogP contribution < -0.4 is 0 Å². The second kappa shape index (κ2) is 5.38. The highest BCUT2D eigenvalue weighted by molar-refractivity contribution is 7.11. The Bertz CT molecular complexity index is 359. The van der Waals surface area contributed by atoms with Gasteiger partial charge in [-0.15, -0.1) is 11.3 Å². The number of aromatic carboxylic acids is 1. The summed E-state index contributed by atoms with van der Waals surface area (Å²) in [6.07, 6.45) is 2.32. The topological polar surface area (TPSA) is 68.7 Å². The summed E-state index contributed by atoms with van der Waals surface area (Å²) in [5.74, 6) is -0.990. The zero-order chi connectivity index (χ0) is 11.4. The summed E-state index contributed by atoms with van der Waals surface area (Å²) in [6.45, 7) is 1.72. The minimum Gasteiger partial charge on any atom is -0.476 e. The van der Waals surface area contributed by atoms with Crippen LogP contribution in [0.5, 0.6) is 0 Å². The normalized spacial score (nSPS) is 20.1. The smallest absolute Gasteiger partial charge is 0.365 e. The van der Waals surface area contributed by atoms with Crippen LogP contribution in [0.15, 0.2) is 5.38 Å². The van der Waals surface area contributed by atoms with Gasteiger partial charge in [-0.2, -0.15) is 0 Å². The Balaban J connectivity index is 1.74. The molecule has 0 aliphatic carbocycles. The van der Waals surface area contributed by atoms with E-state index in [-0.39, 0.29) is 11.1 Å². The lowest BCUT2D eigenvalue weighted by atomic mass is 10.2. The third-order valence-corrected chi connectivity index (χ3v) is 3.19. The summed E-state index contributed by atoms with van der Waals surface area (Å²) in [7, 11) is 0. The van der Waals surface area contributed by atoms with Gasteiger partial charge < -0.3 is 14.6 Å². The lowest BCUT2D eigenvalue weighted by Gasteiger charge is -2.08. The van der Waals surface area contributed by atoms with Crippen LogP contribution in [0.4, 0.5) is 0 Å². The molecule has 0 spiro atoms. The lowest BCUT2D eigenvalue weighted by molar-refractivity contribution is 0.00973. The van der Waals surface area contributed by atoms with Crippen molar-refractivity contribution < 1.29 is 19.4 Å². The van der Waals surface area contributed by atoms with Gasteiger partial charge in [-0.1, -0.05) is 0 Å². The van der Waals surface area contributed by atoms with Crippen molar-refractivity contribution in [1.82, 2.24) is 4.98 Å². The van der Waals surface area contributed by atoms with Crippen molar-refractivity contribution in [3.63, 3.8) is 0 Å². The zero-order valence-electron chi connectivity index (χ0n) is 8.72. The van der Waals surface area contributed by atoms with Gasteiger partial charge in [-0.3, -0.25) is 0 Å². The van der Waals surface area contributed by atoms with Gasteiger partial charge in [-0.25, -0.2) is 9.78 Å². The van der Waals surface area contributed by atoms with Crippen LogP contribution in [-0.2, 0) is 16.1 Å². The number of ether oxygens (including phenoxy) is 2. The van der Waals surface area contributed by atoms with Crippen LogP contribution >= 0.6 is 11.3 Å². The largest absolute Gasteiger partial charge is 0.476 e. The molecule has 6 heteroatoms. The summed E-state index contributed by atoms with van der Waals surface area (Å²) < 4.78 is 10.8. The molecule has 1 saturated heterocycles. The van der Waals surface area contributed by atoms with Crippen molar-refractivity contribution in [1.29, 1.82) is 0 Å². The Morgan fingerprint density at radius 3 is 3.25 bits per heavy atom. The molecular weight excluding hydrogens is 230 g/mol. The second-order valence-corrected chi connectivity index (χ2v) is 4.46. The molecule has 0 radical (unpaired) electrons. The minimum absolute atomic E-state index is 0.107. The van der Waals surface area contributed by atoms with Crippen molar-refractivity contribution in [2.45, 2.75) is 25.6 Å². The molecule has 1 aromatic heterocycles. The van der Waals surface area contributed by atoms with Gasteiger partial charge in [0.2, 0.25) is 5.01 Å². The van der Waals surface area contributed by atoms with E-state index in [0.717, 1.165) is 30.8 Å². The first kappa shape index (κ1) is 11.5. The quantitative estimate of drug-likeness (QED) is 0.849. The van der Waals surface area contributed by atoms with Crippen LogP contribution in [0, 0.1) is 0 Å². The van der Waals surface area contributed by atoms with E-state index in [2.05, 4.69) is 4.98 Å².